The highest BCUT2D eigenvalue weighted by Crippen LogP contribution is 2.49. The van der Waals surface area contributed by atoms with E-state index in [1.807, 2.05) is 6.07 Å². The Bertz CT molecular complexity index is 966. The fraction of sp³-hybridized carbons (Fsp3) is 0.783. The van der Waals surface area contributed by atoms with Crippen LogP contribution in [0.3, 0.4) is 0 Å². The number of halogens is 5. The molecule has 0 radical (unpaired) electrons. The minimum Gasteiger partial charge on any atom is -0.356 e. The lowest BCUT2D eigenvalue weighted by Crippen LogP contribution is -2.71. The van der Waals surface area contributed by atoms with Gasteiger partial charge in [0, 0.05) is 24.9 Å². The third-order valence-electron chi connectivity index (χ3n) is 7.18. The predicted molar refractivity (Wildman–Crippen MR) is 117 cm³/mol. The molecule has 6 atom stereocenters. The van der Waals surface area contributed by atoms with Crippen LogP contribution in [0, 0.1) is 29.1 Å². The fourth-order valence-electron chi connectivity index (χ4n) is 5.49. The van der Waals surface area contributed by atoms with Crippen LogP contribution in [0.5, 0.6) is 0 Å². The summed E-state index contributed by atoms with van der Waals surface area (Å²) in [5.41, 5.74) is 0. The van der Waals surface area contributed by atoms with Crippen molar-refractivity contribution in [3.8, 4) is 6.07 Å². The van der Waals surface area contributed by atoms with E-state index in [2.05, 4.69) is 10.6 Å². The number of hydrogen-bond acceptors (Lipinski definition) is 5. The number of piperidine rings is 2. The minimum absolute atomic E-state index is 0.0587. The van der Waals surface area contributed by atoms with Crippen molar-refractivity contribution in [2.75, 3.05) is 6.54 Å². The number of alkyl halides is 5. The van der Waals surface area contributed by atoms with Crippen LogP contribution >= 0.6 is 0 Å². The third-order valence-corrected chi connectivity index (χ3v) is 7.18. The molecule has 3 heterocycles. The molecule has 14 heteroatoms. The second-order valence-electron chi connectivity index (χ2n) is 10.3. The molecular formula is C23H30F5N5O4. The van der Waals surface area contributed by atoms with Crippen molar-refractivity contribution in [1.29, 1.82) is 5.26 Å². The Morgan fingerprint density at radius 1 is 1.19 bits per heavy atom. The number of carbonyl (C=O) groups excluding carboxylic acids is 4. The Kier molecular flexibility index (Phi) is 8.34. The Balaban J connectivity index is 1.87. The number of carbonyl (C=O) groups is 4. The maximum Gasteiger partial charge on any atom is 0.471 e. The van der Waals surface area contributed by atoms with Gasteiger partial charge in [0.25, 0.3) is 5.92 Å². The molecule has 3 aliphatic heterocycles. The van der Waals surface area contributed by atoms with E-state index in [4.69, 9.17) is 0 Å². The van der Waals surface area contributed by atoms with Gasteiger partial charge in [0.2, 0.25) is 17.7 Å². The van der Waals surface area contributed by atoms with E-state index in [1.165, 1.54) is 0 Å². The summed E-state index contributed by atoms with van der Waals surface area (Å²) in [6, 6.07) is -3.94. The lowest BCUT2D eigenvalue weighted by molar-refractivity contribution is -0.196. The van der Waals surface area contributed by atoms with Crippen LogP contribution in [0.25, 0.3) is 0 Å². The van der Waals surface area contributed by atoms with Gasteiger partial charge in [-0.25, -0.2) is 8.78 Å². The molecule has 206 valence electrons. The first kappa shape index (κ1) is 28.6. The second-order valence-corrected chi connectivity index (χ2v) is 10.3. The average Bonchev–Trinajstić information content (AvgIpc) is 3.19. The van der Waals surface area contributed by atoms with E-state index in [-0.39, 0.29) is 37.5 Å². The van der Waals surface area contributed by atoms with E-state index >= 15 is 0 Å². The standard InChI is InChI=1S/C23H30F5N5O4/c1-11(2)7-16(32-21(37)23(26,27)28)20(36)33-14-3-4-15(22(24,25)9-14)17(33)19(35)31-13(10-29)8-12-5-6-30-18(12)34/h11-17H,3-9H2,1-2H3,(H,30,34)(H,31,35)(H,32,37)/t12-,13+,14+,15+,16+,17-/m0/s1. The van der Waals surface area contributed by atoms with E-state index in [0.717, 1.165) is 4.90 Å². The topological polar surface area (TPSA) is 131 Å². The number of fused-ring (bicyclic) bond motifs is 3. The SMILES string of the molecule is CC(C)C[C@@H](NC(=O)C(F)(F)F)C(=O)N1[C@@H]2CC[C@H]([C@H]1C(=O)N[C@@H](C#N)C[C@@H]1CCNC1=O)C(F)(F)C2. The number of amides is 4. The van der Waals surface area contributed by atoms with Crippen LogP contribution < -0.4 is 16.0 Å². The Morgan fingerprint density at radius 3 is 2.38 bits per heavy atom. The summed E-state index contributed by atoms with van der Waals surface area (Å²) in [5, 5.41) is 16.1. The van der Waals surface area contributed by atoms with Crippen LogP contribution in [0.4, 0.5) is 22.0 Å². The molecule has 1 aliphatic carbocycles. The van der Waals surface area contributed by atoms with Crippen molar-refractivity contribution in [3.05, 3.63) is 0 Å². The van der Waals surface area contributed by atoms with Gasteiger partial charge in [0.05, 0.1) is 12.0 Å². The zero-order valence-corrected chi connectivity index (χ0v) is 20.4. The number of nitriles is 1. The maximum atomic E-state index is 14.9. The lowest BCUT2D eigenvalue weighted by atomic mass is 9.71. The highest BCUT2D eigenvalue weighted by Gasteiger charge is 2.61. The number of hydrogen-bond donors (Lipinski definition) is 3. The zero-order valence-electron chi connectivity index (χ0n) is 20.4. The van der Waals surface area contributed by atoms with E-state index < -0.39 is 72.2 Å². The quantitative estimate of drug-likeness (QED) is 0.407. The molecule has 2 bridgehead atoms. The molecule has 4 aliphatic rings. The lowest BCUT2D eigenvalue weighted by Gasteiger charge is -2.54. The molecule has 3 saturated heterocycles. The first-order valence-electron chi connectivity index (χ1n) is 12.2. The predicted octanol–water partition coefficient (Wildman–Crippen LogP) is 1.63. The summed E-state index contributed by atoms with van der Waals surface area (Å²) in [7, 11) is 0. The van der Waals surface area contributed by atoms with Crippen molar-refractivity contribution in [2.24, 2.45) is 17.8 Å². The Hall–Kier alpha value is -2.98. The van der Waals surface area contributed by atoms with E-state index in [0.29, 0.717) is 13.0 Å². The van der Waals surface area contributed by atoms with Gasteiger partial charge in [0.15, 0.2) is 0 Å². The number of nitrogens with one attached hydrogen (secondary N) is 3. The van der Waals surface area contributed by atoms with Crippen molar-refractivity contribution < 1.29 is 41.1 Å². The highest BCUT2D eigenvalue weighted by atomic mass is 19.4. The number of nitrogens with zero attached hydrogens (tertiary/aromatic N) is 2. The maximum absolute atomic E-state index is 14.9. The van der Waals surface area contributed by atoms with Gasteiger partial charge in [-0.3, -0.25) is 19.2 Å². The average molecular weight is 536 g/mol. The molecule has 9 nitrogen and oxygen atoms in total. The first-order valence-corrected chi connectivity index (χ1v) is 12.2. The van der Waals surface area contributed by atoms with Gasteiger partial charge in [-0.2, -0.15) is 18.4 Å². The monoisotopic (exact) mass is 535 g/mol. The normalized spacial score (nSPS) is 28.3. The van der Waals surface area contributed by atoms with Crippen molar-refractivity contribution in [2.45, 2.75) is 88.6 Å². The number of rotatable bonds is 8. The minimum atomic E-state index is -5.27. The molecule has 0 aromatic heterocycles. The van der Waals surface area contributed by atoms with Gasteiger partial charge in [-0.05, 0) is 38.0 Å². The first-order chi connectivity index (χ1) is 17.2. The Morgan fingerprint density at radius 2 is 1.86 bits per heavy atom. The molecule has 4 amide bonds. The molecule has 0 spiro atoms. The molecular weight excluding hydrogens is 505 g/mol. The van der Waals surface area contributed by atoms with Crippen LogP contribution in [-0.4, -0.2) is 71.3 Å². The smallest absolute Gasteiger partial charge is 0.356 e. The summed E-state index contributed by atoms with van der Waals surface area (Å²) >= 11 is 0. The van der Waals surface area contributed by atoms with Gasteiger partial charge in [-0.15, -0.1) is 0 Å². The Labute approximate surface area is 210 Å². The van der Waals surface area contributed by atoms with Gasteiger partial charge in [0.1, 0.15) is 18.1 Å². The van der Waals surface area contributed by atoms with Crippen LogP contribution in [-0.2, 0) is 19.2 Å². The largest absolute Gasteiger partial charge is 0.471 e. The van der Waals surface area contributed by atoms with Gasteiger partial charge in [-0.1, -0.05) is 13.8 Å². The summed E-state index contributed by atoms with van der Waals surface area (Å²) in [5.74, 6) is -10.6. The van der Waals surface area contributed by atoms with Crippen LogP contribution in [0.15, 0.2) is 0 Å². The molecule has 0 aromatic carbocycles. The zero-order chi connectivity index (χ0) is 27.7. The van der Waals surface area contributed by atoms with E-state index in [1.54, 1.807) is 19.2 Å². The van der Waals surface area contributed by atoms with E-state index in [9.17, 15) is 46.4 Å². The van der Waals surface area contributed by atoms with Gasteiger partial charge < -0.3 is 20.9 Å². The molecule has 4 rings (SSSR count). The summed E-state index contributed by atoms with van der Waals surface area (Å²) < 4.78 is 68.5. The van der Waals surface area contributed by atoms with Crippen molar-refractivity contribution in [3.63, 3.8) is 0 Å². The van der Waals surface area contributed by atoms with Crippen LogP contribution in [0.1, 0.15) is 52.4 Å². The fourth-order valence-corrected chi connectivity index (χ4v) is 5.49. The molecule has 0 aromatic rings. The third kappa shape index (κ3) is 6.30. The van der Waals surface area contributed by atoms with Crippen LogP contribution in [0.2, 0.25) is 0 Å². The molecule has 3 N–H and O–H groups in total. The molecule has 37 heavy (non-hydrogen) atoms. The molecule has 1 saturated carbocycles. The second kappa shape index (κ2) is 10.8. The van der Waals surface area contributed by atoms with Gasteiger partial charge >= 0.3 is 12.1 Å². The summed E-state index contributed by atoms with van der Waals surface area (Å²) in [6.07, 6.45) is -5.87. The van der Waals surface area contributed by atoms with Crippen molar-refractivity contribution >= 4 is 23.6 Å². The summed E-state index contributed by atoms with van der Waals surface area (Å²) in [6.45, 7) is 3.62. The van der Waals surface area contributed by atoms with Crippen molar-refractivity contribution in [1.82, 2.24) is 20.9 Å². The molecule has 4 fully saturated rings. The summed E-state index contributed by atoms with van der Waals surface area (Å²) in [4.78, 5) is 51.1. The molecule has 0 unspecified atom stereocenters. The highest BCUT2D eigenvalue weighted by molar-refractivity contribution is 5.94.